The number of halogens is 3. The van der Waals surface area contributed by atoms with Gasteiger partial charge in [0.1, 0.15) is 5.69 Å². The van der Waals surface area contributed by atoms with E-state index in [1.165, 1.54) is 23.1 Å². The molecule has 0 amide bonds. The highest BCUT2D eigenvalue weighted by Gasteiger charge is 2.30. The van der Waals surface area contributed by atoms with Gasteiger partial charge >= 0.3 is 6.18 Å². The molecule has 2 N–H and O–H groups in total. The lowest BCUT2D eigenvalue weighted by atomic mass is 9.98. The Balaban J connectivity index is 1.70. The number of hydrogen-bond donors (Lipinski definition) is 2. The molecule has 3 aromatic rings. The van der Waals surface area contributed by atoms with E-state index in [0.29, 0.717) is 24.7 Å². The summed E-state index contributed by atoms with van der Waals surface area (Å²) in [6.45, 7) is 1.82. The zero-order valence-corrected chi connectivity index (χ0v) is 14.9. The molecule has 0 unspecified atom stereocenters. The van der Waals surface area contributed by atoms with Gasteiger partial charge in [0.25, 0.3) is 0 Å². The van der Waals surface area contributed by atoms with Gasteiger partial charge in [0.2, 0.25) is 11.8 Å². The maximum Gasteiger partial charge on any atom is 0.422 e. The number of H-pyrrole nitrogens is 1. The van der Waals surface area contributed by atoms with Crippen molar-refractivity contribution in [2.24, 2.45) is 5.92 Å². The molecule has 4 heterocycles. The molecule has 28 heavy (non-hydrogen) atoms. The van der Waals surface area contributed by atoms with Crippen LogP contribution in [0.1, 0.15) is 13.3 Å². The molecule has 1 aliphatic heterocycles. The Labute approximate surface area is 157 Å². The van der Waals surface area contributed by atoms with Crippen molar-refractivity contribution in [1.82, 2.24) is 29.8 Å². The van der Waals surface area contributed by atoms with Crippen molar-refractivity contribution in [2.45, 2.75) is 25.6 Å². The Kier molecular flexibility index (Phi) is 4.79. The highest BCUT2D eigenvalue weighted by atomic mass is 19.4. The third-order valence-electron chi connectivity index (χ3n) is 4.44. The molecule has 0 aliphatic carbocycles. The van der Waals surface area contributed by atoms with E-state index >= 15 is 0 Å². The third kappa shape index (κ3) is 3.86. The summed E-state index contributed by atoms with van der Waals surface area (Å²) in [6, 6.07) is 0.104. The zero-order valence-electron chi connectivity index (χ0n) is 14.9. The maximum atomic E-state index is 12.7. The van der Waals surface area contributed by atoms with Crippen LogP contribution in [0.25, 0.3) is 16.9 Å². The number of rotatable bonds is 5. The number of aromatic nitrogens is 6. The number of ether oxygens (including phenoxy) is 2. The van der Waals surface area contributed by atoms with E-state index in [9.17, 15) is 13.2 Å². The van der Waals surface area contributed by atoms with E-state index < -0.39 is 12.8 Å². The summed E-state index contributed by atoms with van der Waals surface area (Å²) < 4.78 is 49.9. The van der Waals surface area contributed by atoms with Gasteiger partial charge in [0.05, 0.1) is 19.0 Å². The predicted octanol–water partition coefficient (Wildman–Crippen LogP) is 2.29. The Morgan fingerprint density at radius 1 is 1.39 bits per heavy atom. The molecule has 1 aliphatic rings. The summed E-state index contributed by atoms with van der Waals surface area (Å²) in [6.07, 6.45) is 0.652. The maximum absolute atomic E-state index is 12.7. The van der Waals surface area contributed by atoms with Crippen molar-refractivity contribution in [2.75, 3.05) is 25.1 Å². The van der Waals surface area contributed by atoms with Gasteiger partial charge in [0, 0.05) is 24.4 Å². The van der Waals surface area contributed by atoms with Crippen molar-refractivity contribution >= 4 is 11.6 Å². The first kappa shape index (κ1) is 18.5. The lowest BCUT2D eigenvalue weighted by Gasteiger charge is -2.28. The van der Waals surface area contributed by atoms with Gasteiger partial charge in [-0.1, -0.05) is 6.92 Å². The van der Waals surface area contributed by atoms with Crippen LogP contribution in [0, 0.1) is 5.92 Å². The number of aromatic amines is 1. The molecule has 0 radical (unpaired) electrons. The molecule has 150 valence electrons. The molecule has 4 rings (SSSR count). The SMILES string of the molecule is C[C@@H]1COCC[C@@H]1Nc1nc2cnc(-c3cn[nH]c3)c(OCC(F)(F)F)n2n1. The number of nitrogens with zero attached hydrogens (tertiary/aromatic N) is 5. The fraction of sp³-hybridized carbons (Fsp3) is 0.500. The second kappa shape index (κ2) is 7.26. The largest absolute Gasteiger partial charge is 0.466 e. The van der Waals surface area contributed by atoms with Crippen LogP contribution in [0.2, 0.25) is 0 Å². The topological polar surface area (TPSA) is 102 Å². The molecule has 0 spiro atoms. The van der Waals surface area contributed by atoms with Crippen LogP contribution in [0.15, 0.2) is 18.6 Å². The van der Waals surface area contributed by atoms with E-state index in [2.05, 4.69) is 30.6 Å². The number of nitrogens with one attached hydrogen (secondary N) is 2. The van der Waals surface area contributed by atoms with Crippen LogP contribution in [0.3, 0.4) is 0 Å². The van der Waals surface area contributed by atoms with Crippen LogP contribution in [0.4, 0.5) is 19.1 Å². The monoisotopic (exact) mass is 397 g/mol. The highest BCUT2D eigenvalue weighted by Crippen LogP contribution is 2.30. The summed E-state index contributed by atoms with van der Waals surface area (Å²) in [5, 5.41) is 13.9. The quantitative estimate of drug-likeness (QED) is 0.681. The van der Waals surface area contributed by atoms with Gasteiger partial charge in [-0.3, -0.25) is 5.10 Å². The number of alkyl halides is 3. The molecule has 1 fully saturated rings. The van der Waals surface area contributed by atoms with Gasteiger partial charge < -0.3 is 14.8 Å². The lowest BCUT2D eigenvalue weighted by molar-refractivity contribution is -0.154. The Morgan fingerprint density at radius 3 is 2.96 bits per heavy atom. The van der Waals surface area contributed by atoms with Crippen LogP contribution >= 0.6 is 0 Å². The molecular formula is C16H18F3N7O2. The van der Waals surface area contributed by atoms with Gasteiger partial charge in [0.15, 0.2) is 12.3 Å². The van der Waals surface area contributed by atoms with E-state index in [0.717, 1.165) is 6.42 Å². The molecule has 0 aromatic carbocycles. The standard InChI is InChI=1S/C16H18F3N7O2/c1-9-7-27-3-2-11(9)23-15-24-12-6-20-13(10-4-21-22-5-10)14(26(12)25-15)28-8-16(17,18)19/h4-6,9,11H,2-3,7-8H2,1H3,(H,21,22)(H,23,25)/t9-,11+/m1/s1. The van der Waals surface area contributed by atoms with Crippen molar-refractivity contribution in [3.63, 3.8) is 0 Å². The van der Waals surface area contributed by atoms with Crippen molar-refractivity contribution in [3.05, 3.63) is 18.6 Å². The normalized spacial score (nSPS) is 20.4. The number of fused-ring (bicyclic) bond motifs is 1. The van der Waals surface area contributed by atoms with Crippen LogP contribution in [-0.2, 0) is 4.74 Å². The molecule has 0 bridgehead atoms. The average Bonchev–Trinajstić information content (AvgIpc) is 3.30. The smallest absolute Gasteiger partial charge is 0.422 e. The Morgan fingerprint density at radius 2 is 2.25 bits per heavy atom. The van der Waals surface area contributed by atoms with Crippen LogP contribution in [0.5, 0.6) is 5.88 Å². The van der Waals surface area contributed by atoms with Crippen LogP contribution in [-0.4, -0.2) is 61.8 Å². The van der Waals surface area contributed by atoms with Crippen molar-refractivity contribution in [1.29, 1.82) is 0 Å². The fourth-order valence-corrected chi connectivity index (χ4v) is 3.01. The minimum atomic E-state index is -4.50. The van der Waals surface area contributed by atoms with Gasteiger partial charge in [-0.2, -0.15) is 27.8 Å². The summed E-state index contributed by atoms with van der Waals surface area (Å²) in [4.78, 5) is 8.52. The first-order chi connectivity index (χ1) is 13.4. The molecule has 3 aromatic heterocycles. The summed E-state index contributed by atoms with van der Waals surface area (Å²) >= 11 is 0. The first-order valence-electron chi connectivity index (χ1n) is 8.69. The Hall–Kier alpha value is -2.89. The second-order valence-corrected chi connectivity index (χ2v) is 6.60. The summed E-state index contributed by atoms with van der Waals surface area (Å²) in [5.74, 6) is 0.388. The molecule has 2 atom stereocenters. The zero-order chi connectivity index (χ0) is 19.7. The van der Waals surface area contributed by atoms with E-state index in [1.807, 2.05) is 6.92 Å². The lowest BCUT2D eigenvalue weighted by Crippen LogP contribution is -2.36. The number of anilines is 1. The van der Waals surface area contributed by atoms with E-state index in [1.54, 1.807) is 0 Å². The minimum Gasteiger partial charge on any atom is -0.466 e. The third-order valence-corrected chi connectivity index (χ3v) is 4.44. The molecule has 0 saturated carbocycles. The Bertz CT molecular complexity index is 942. The van der Waals surface area contributed by atoms with Crippen LogP contribution < -0.4 is 10.1 Å². The highest BCUT2D eigenvalue weighted by molar-refractivity contribution is 5.65. The average molecular weight is 397 g/mol. The second-order valence-electron chi connectivity index (χ2n) is 6.60. The number of hydrogen-bond acceptors (Lipinski definition) is 7. The fourth-order valence-electron chi connectivity index (χ4n) is 3.01. The molecule has 12 heteroatoms. The minimum absolute atomic E-state index is 0.104. The van der Waals surface area contributed by atoms with Gasteiger partial charge in [-0.25, -0.2) is 4.98 Å². The van der Waals surface area contributed by atoms with E-state index in [4.69, 9.17) is 9.47 Å². The van der Waals surface area contributed by atoms with E-state index in [-0.39, 0.29) is 29.2 Å². The first-order valence-corrected chi connectivity index (χ1v) is 8.69. The van der Waals surface area contributed by atoms with Gasteiger partial charge in [-0.15, -0.1) is 5.10 Å². The summed E-state index contributed by atoms with van der Waals surface area (Å²) in [7, 11) is 0. The van der Waals surface area contributed by atoms with Crippen molar-refractivity contribution in [3.8, 4) is 17.1 Å². The van der Waals surface area contributed by atoms with Gasteiger partial charge in [-0.05, 0) is 12.3 Å². The molecule has 1 saturated heterocycles. The molecular weight excluding hydrogens is 379 g/mol. The summed E-state index contributed by atoms with van der Waals surface area (Å²) in [5.41, 5.74) is 0.926. The van der Waals surface area contributed by atoms with Crippen molar-refractivity contribution < 1.29 is 22.6 Å². The molecule has 9 nitrogen and oxygen atoms in total. The predicted molar refractivity (Wildman–Crippen MR) is 91.9 cm³/mol.